The minimum atomic E-state index is -1.34. The maximum Gasteiger partial charge on any atom is 1.00 e. The standard InChI is InChI=1S/C10H10O3.Cs/c1-7(10(12)13)9(11)8-5-3-2-4-6-8;/h2-7H,1H3,(H,12,13);/q;+1/p-1. The van der Waals surface area contributed by atoms with E-state index in [1.165, 1.54) is 6.92 Å². The first-order valence-corrected chi connectivity index (χ1v) is 3.93. The fraction of sp³-hybridized carbons (Fsp3) is 0.200. The van der Waals surface area contributed by atoms with Gasteiger partial charge in [0.2, 0.25) is 0 Å². The molecule has 3 nitrogen and oxygen atoms in total. The van der Waals surface area contributed by atoms with Crippen LogP contribution in [-0.2, 0) is 4.79 Å². The Kier molecular flexibility index (Phi) is 7.02. The number of ketones is 1. The van der Waals surface area contributed by atoms with Crippen LogP contribution < -0.4 is 74.0 Å². The van der Waals surface area contributed by atoms with E-state index < -0.39 is 17.7 Å². The van der Waals surface area contributed by atoms with Crippen LogP contribution in [0, 0.1) is 5.92 Å². The van der Waals surface area contributed by atoms with Crippen LogP contribution >= 0.6 is 0 Å². The van der Waals surface area contributed by atoms with Crippen LogP contribution in [-0.4, -0.2) is 11.8 Å². The van der Waals surface area contributed by atoms with Crippen molar-refractivity contribution in [2.45, 2.75) is 6.92 Å². The van der Waals surface area contributed by atoms with Gasteiger partial charge in [-0.25, -0.2) is 0 Å². The molecule has 0 amide bonds. The summed E-state index contributed by atoms with van der Waals surface area (Å²) < 4.78 is 0. The molecular weight excluding hydrogens is 301 g/mol. The van der Waals surface area contributed by atoms with Crippen LogP contribution in [0.15, 0.2) is 30.3 Å². The SMILES string of the molecule is CC(C(=O)[O-])C(=O)c1ccccc1.[Cs+]. The maximum absolute atomic E-state index is 11.4. The molecule has 0 heterocycles. The van der Waals surface area contributed by atoms with Crippen molar-refractivity contribution < 1.29 is 83.6 Å². The molecule has 1 aromatic rings. The summed E-state index contributed by atoms with van der Waals surface area (Å²) in [6.07, 6.45) is 0. The van der Waals surface area contributed by atoms with Crippen molar-refractivity contribution in [1.29, 1.82) is 0 Å². The number of benzene rings is 1. The van der Waals surface area contributed by atoms with E-state index in [2.05, 4.69) is 0 Å². The number of hydrogen-bond acceptors (Lipinski definition) is 3. The zero-order chi connectivity index (χ0) is 9.84. The normalized spacial score (nSPS) is 11.2. The molecule has 0 radical (unpaired) electrons. The van der Waals surface area contributed by atoms with Crippen molar-refractivity contribution in [2.24, 2.45) is 5.92 Å². The molecule has 14 heavy (non-hydrogen) atoms. The second-order valence-electron chi connectivity index (χ2n) is 2.77. The Balaban J connectivity index is 0.00000169. The van der Waals surface area contributed by atoms with Crippen LogP contribution in [0.5, 0.6) is 0 Å². The molecule has 0 aromatic heterocycles. The Labute approximate surface area is 141 Å². The zero-order valence-corrected chi connectivity index (χ0v) is 14.5. The summed E-state index contributed by atoms with van der Waals surface area (Å²) in [6.45, 7) is 1.32. The van der Waals surface area contributed by atoms with Crippen LogP contribution in [0.25, 0.3) is 0 Å². The number of carbonyl (C=O) groups is 2. The molecule has 68 valence electrons. The number of carbonyl (C=O) groups excluding carboxylic acids is 2. The molecule has 4 heteroatoms. The number of Topliss-reactive ketones (excluding diaryl/α,β-unsaturated/α-hetero) is 1. The van der Waals surface area contributed by atoms with E-state index in [0.29, 0.717) is 5.56 Å². The molecular formula is C10H9CsO3. The topological polar surface area (TPSA) is 57.2 Å². The second kappa shape index (κ2) is 6.82. The van der Waals surface area contributed by atoms with Crippen molar-refractivity contribution in [3.8, 4) is 0 Å². The smallest absolute Gasteiger partial charge is 0.549 e. The third kappa shape index (κ3) is 3.88. The molecule has 0 saturated heterocycles. The van der Waals surface area contributed by atoms with Crippen molar-refractivity contribution in [1.82, 2.24) is 0 Å². The van der Waals surface area contributed by atoms with Gasteiger partial charge in [0, 0.05) is 5.56 Å². The van der Waals surface area contributed by atoms with Crippen LogP contribution in [0.2, 0.25) is 0 Å². The van der Waals surface area contributed by atoms with E-state index in [1.807, 2.05) is 0 Å². The zero-order valence-electron chi connectivity index (χ0n) is 8.19. The Hall–Kier alpha value is 0.412. The summed E-state index contributed by atoms with van der Waals surface area (Å²) in [6, 6.07) is 8.31. The predicted octanol–water partition coefficient (Wildman–Crippen LogP) is -2.74. The summed E-state index contributed by atoms with van der Waals surface area (Å²) in [4.78, 5) is 21.7. The molecule has 1 rings (SSSR count). The van der Waals surface area contributed by atoms with Gasteiger partial charge in [-0.1, -0.05) is 30.3 Å². The summed E-state index contributed by atoms with van der Waals surface area (Å²) in [7, 11) is 0. The largest absolute Gasteiger partial charge is 1.00 e. The van der Waals surface area contributed by atoms with Crippen molar-refractivity contribution in [3.63, 3.8) is 0 Å². The first kappa shape index (κ1) is 14.4. The van der Waals surface area contributed by atoms with E-state index in [-0.39, 0.29) is 68.9 Å². The molecule has 0 fully saturated rings. The van der Waals surface area contributed by atoms with Gasteiger partial charge in [-0.05, 0) is 6.92 Å². The van der Waals surface area contributed by atoms with Gasteiger partial charge in [-0.15, -0.1) is 0 Å². The predicted molar refractivity (Wildman–Crippen MR) is 44.9 cm³/mol. The minimum absolute atomic E-state index is 0. The van der Waals surface area contributed by atoms with Gasteiger partial charge in [-0.3, -0.25) is 4.79 Å². The first-order valence-electron chi connectivity index (χ1n) is 3.93. The minimum Gasteiger partial charge on any atom is -0.549 e. The van der Waals surface area contributed by atoms with Crippen LogP contribution in [0.1, 0.15) is 17.3 Å². The number of hydrogen-bond donors (Lipinski definition) is 0. The Bertz CT molecular complexity index is 321. The molecule has 0 aliphatic heterocycles. The average Bonchev–Trinajstić information content (AvgIpc) is 2.17. The molecule has 0 spiro atoms. The molecule has 0 bridgehead atoms. The van der Waals surface area contributed by atoms with Crippen molar-refractivity contribution >= 4 is 11.8 Å². The van der Waals surface area contributed by atoms with E-state index in [1.54, 1.807) is 30.3 Å². The monoisotopic (exact) mass is 310 g/mol. The third-order valence-electron chi connectivity index (χ3n) is 1.81. The Morgan fingerprint density at radius 2 is 1.71 bits per heavy atom. The van der Waals surface area contributed by atoms with Gasteiger partial charge in [-0.2, -0.15) is 0 Å². The van der Waals surface area contributed by atoms with Gasteiger partial charge < -0.3 is 9.90 Å². The first-order chi connectivity index (χ1) is 6.13. The summed E-state index contributed by atoms with van der Waals surface area (Å²) in [5.74, 6) is -2.84. The molecule has 0 aliphatic carbocycles. The molecule has 1 unspecified atom stereocenters. The van der Waals surface area contributed by atoms with Gasteiger partial charge >= 0.3 is 68.9 Å². The van der Waals surface area contributed by atoms with Crippen molar-refractivity contribution in [2.75, 3.05) is 0 Å². The quantitative estimate of drug-likeness (QED) is 0.450. The van der Waals surface area contributed by atoms with Crippen molar-refractivity contribution in [3.05, 3.63) is 35.9 Å². The number of rotatable bonds is 3. The van der Waals surface area contributed by atoms with E-state index >= 15 is 0 Å². The molecule has 1 aromatic carbocycles. The Morgan fingerprint density at radius 1 is 1.21 bits per heavy atom. The second-order valence-corrected chi connectivity index (χ2v) is 2.77. The van der Waals surface area contributed by atoms with E-state index in [4.69, 9.17) is 0 Å². The van der Waals surface area contributed by atoms with E-state index in [9.17, 15) is 14.7 Å². The fourth-order valence-electron chi connectivity index (χ4n) is 0.959. The molecule has 0 N–H and O–H groups in total. The van der Waals surface area contributed by atoms with Gasteiger partial charge in [0.15, 0.2) is 5.78 Å². The Morgan fingerprint density at radius 3 is 2.14 bits per heavy atom. The number of carboxylic acids is 1. The third-order valence-corrected chi connectivity index (χ3v) is 1.81. The van der Waals surface area contributed by atoms with Gasteiger partial charge in [0.1, 0.15) is 0 Å². The maximum atomic E-state index is 11.4. The fourth-order valence-corrected chi connectivity index (χ4v) is 0.959. The molecule has 1 atom stereocenters. The van der Waals surface area contributed by atoms with Crippen LogP contribution in [0.4, 0.5) is 0 Å². The molecule has 0 aliphatic rings. The summed E-state index contributed by atoms with van der Waals surface area (Å²) in [5.41, 5.74) is 0.402. The summed E-state index contributed by atoms with van der Waals surface area (Å²) >= 11 is 0. The van der Waals surface area contributed by atoms with Gasteiger partial charge in [0.05, 0.1) is 11.9 Å². The number of carboxylic acid groups (broad SMARTS) is 1. The number of aliphatic carboxylic acids is 1. The van der Waals surface area contributed by atoms with Gasteiger partial charge in [0.25, 0.3) is 0 Å². The average molecular weight is 310 g/mol. The van der Waals surface area contributed by atoms with E-state index in [0.717, 1.165) is 0 Å². The van der Waals surface area contributed by atoms with Crippen LogP contribution in [0.3, 0.4) is 0 Å². The summed E-state index contributed by atoms with van der Waals surface area (Å²) in [5, 5.41) is 10.4. The molecule has 0 saturated carbocycles.